The summed E-state index contributed by atoms with van der Waals surface area (Å²) in [6.07, 6.45) is 1.64. The molecule has 0 radical (unpaired) electrons. The second-order valence-electron chi connectivity index (χ2n) is 6.12. The van der Waals surface area contributed by atoms with E-state index in [0.29, 0.717) is 18.3 Å². The molecule has 0 aromatic heterocycles. The molecule has 2 atom stereocenters. The monoisotopic (exact) mass is 260 g/mol. The van der Waals surface area contributed by atoms with Gasteiger partial charge in [0.25, 0.3) is 0 Å². The summed E-state index contributed by atoms with van der Waals surface area (Å²) in [6, 6.07) is 5.92. The zero-order valence-electron chi connectivity index (χ0n) is 12.1. The number of anilines is 1. The van der Waals surface area contributed by atoms with Crippen molar-refractivity contribution in [2.45, 2.75) is 33.6 Å². The maximum atomic E-state index is 12.4. The molecule has 1 aromatic rings. The molecule has 1 aliphatic heterocycles. The molecule has 0 bridgehead atoms. The average Bonchev–Trinajstić information content (AvgIpc) is 2.31. The van der Waals surface area contributed by atoms with Crippen LogP contribution in [0.3, 0.4) is 0 Å². The average molecular weight is 260 g/mol. The van der Waals surface area contributed by atoms with Crippen LogP contribution in [0.5, 0.6) is 0 Å². The van der Waals surface area contributed by atoms with Gasteiger partial charge in [-0.05, 0) is 42.4 Å². The van der Waals surface area contributed by atoms with Gasteiger partial charge < -0.3 is 10.6 Å². The van der Waals surface area contributed by atoms with Crippen LogP contribution >= 0.6 is 0 Å². The van der Waals surface area contributed by atoms with Crippen LogP contribution in [-0.2, 0) is 11.2 Å². The number of amides is 1. The Morgan fingerprint density at radius 3 is 2.53 bits per heavy atom. The van der Waals surface area contributed by atoms with E-state index in [9.17, 15) is 4.79 Å². The maximum absolute atomic E-state index is 12.4. The Bertz CT molecular complexity index is 460. The SMILES string of the molecule is Cc1ccc(CC(=O)N2CC(C)CC(C)C2)c(N)c1. The van der Waals surface area contributed by atoms with Gasteiger partial charge in [-0.3, -0.25) is 4.79 Å². The number of carbonyl (C=O) groups excluding carboxylic acids is 1. The normalized spacial score (nSPS) is 23.4. The molecule has 1 saturated heterocycles. The first kappa shape index (κ1) is 13.9. The van der Waals surface area contributed by atoms with Gasteiger partial charge in [-0.1, -0.05) is 26.0 Å². The topological polar surface area (TPSA) is 46.3 Å². The molecule has 1 amide bonds. The minimum atomic E-state index is 0.203. The van der Waals surface area contributed by atoms with Gasteiger partial charge in [0.05, 0.1) is 6.42 Å². The van der Waals surface area contributed by atoms with Crippen molar-refractivity contribution in [2.75, 3.05) is 18.8 Å². The van der Waals surface area contributed by atoms with Crippen molar-refractivity contribution < 1.29 is 4.79 Å². The first-order valence-corrected chi connectivity index (χ1v) is 7.08. The van der Waals surface area contributed by atoms with Crippen LogP contribution in [0.2, 0.25) is 0 Å². The Hall–Kier alpha value is -1.51. The summed E-state index contributed by atoms with van der Waals surface area (Å²) in [4.78, 5) is 14.4. The van der Waals surface area contributed by atoms with Gasteiger partial charge in [-0.25, -0.2) is 0 Å². The molecule has 19 heavy (non-hydrogen) atoms. The predicted molar refractivity (Wildman–Crippen MR) is 78.8 cm³/mol. The van der Waals surface area contributed by atoms with E-state index >= 15 is 0 Å². The molecule has 104 valence electrons. The molecule has 0 spiro atoms. The quantitative estimate of drug-likeness (QED) is 0.831. The molecule has 1 fully saturated rings. The van der Waals surface area contributed by atoms with Crippen LogP contribution < -0.4 is 5.73 Å². The van der Waals surface area contributed by atoms with E-state index in [1.54, 1.807) is 0 Å². The van der Waals surface area contributed by atoms with E-state index in [4.69, 9.17) is 5.73 Å². The Morgan fingerprint density at radius 2 is 1.95 bits per heavy atom. The number of benzene rings is 1. The fourth-order valence-corrected chi connectivity index (χ4v) is 3.02. The summed E-state index contributed by atoms with van der Waals surface area (Å²) >= 11 is 0. The van der Waals surface area contributed by atoms with Crippen molar-refractivity contribution >= 4 is 11.6 Å². The summed E-state index contributed by atoms with van der Waals surface area (Å²) in [6.45, 7) is 8.21. The van der Waals surface area contributed by atoms with Crippen LogP contribution in [0.1, 0.15) is 31.4 Å². The zero-order chi connectivity index (χ0) is 14.0. The predicted octanol–water partition coefficient (Wildman–Crippen LogP) is 2.62. The van der Waals surface area contributed by atoms with Crippen LogP contribution in [0, 0.1) is 18.8 Å². The number of likely N-dealkylation sites (tertiary alicyclic amines) is 1. The Morgan fingerprint density at radius 1 is 1.32 bits per heavy atom. The number of carbonyl (C=O) groups is 1. The lowest BCUT2D eigenvalue weighted by atomic mass is 9.91. The number of hydrogen-bond acceptors (Lipinski definition) is 2. The molecule has 2 rings (SSSR count). The van der Waals surface area contributed by atoms with Gasteiger partial charge in [-0.2, -0.15) is 0 Å². The third kappa shape index (κ3) is 3.49. The first-order valence-electron chi connectivity index (χ1n) is 7.08. The first-order chi connectivity index (χ1) is 8.95. The smallest absolute Gasteiger partial charge is 0.227 e. The van der Waals surface area contributed by atoms with Crippen molar-refractivity contribution in [3.8, 4) is 0 Å². The largest absolute Gasteiger partial charge is 0.398 e. The highest BCUT2D eigenvalue weighted by Crippen LogP contribution is 2.22. The minimum Gasteiger partial charge on any atom is -0.398 e. The van der Waals surface area contributed by atoms with E-state index < -0.39 is 0 Å². The number of rotatable bonds is 2. The standard InChI is InChI=1S/C16H24N2O/c1-11-4-5-14(15(17)7-11)8-16(19)18-9-12(2)6-13(3)10-18/h4-5,7,12-13H,6,8-10,17H2,1-3H3. The molecule has 1 heterocycles. The van der Waals surface area contributed by atoms with Gasteiger partial charge in [-0.15, -0.1) is 0 Å². The van der Waals surface area contributed by atoms with E-state index in [0.717, 1.165) is 29.9 Å². The van der Waals surface area contributed by atoms with E-state index in [1.165, 1.54) is 6.42 Å². The van der Waals surface area contributed by atoms with Gasteiger partial charge in [0.2, 0.25) is 5.91 Å². The fraction of sp³-hybridized carbons (Fsp3) is 0.562. The van der Waals surface area contributed by atoms with E-state index in [1.807, 2.05) is 30.0 Å². The van der Waals surface area contributed by atoms with Gasteiger partial charge in [0.1, 0.15) is 0 Å². The van der Waals surface area contributed by atoms with Crippen LogP contribution in [0.4, 0.5) is 5.69 Å². The molecule has 3 nitrogen and oxygen atoms in total. The Labute approximate surface area is 115 Å². The van der Waals surface area contributed by atoms with Crippen molar-refractivity contribution in [2.24, 2.45) is 11.8 Å². The van der Waals surface area contributed by atoms with Crippen molar-refractivity contribution in [3.05, 3.63) is 29.3 Å². The Kier molecular flexibility index (Phi) is 4.13. The lowest BCUT2D eigenvalue weighted by Gasteiger charge is -2.35. The minimum absolute atomic E-state index is 0.203. The molecule has 1 aliphatic rings. The molecule has 3 heteroatoms. The second-order valence-corrected chi connectivity index (χ2v) is 6.12. The molecule has 1 aromatic carbocycles. The Balaban J connectivity index is 2.04. The number of aryl methyl sites for hydroxylation is 1. The van der Waals surface area contributed by atoms with Crippen LogP contribution in [0.25, 0.3) is 0 Å². The lowest BCUT2D eigenvalue weighted by molar-refractivity contribution is -0.133. The van der Waals surface area contributed by atoms with Crippen molar-refractivity contribution in [3.63, 3.8) is 0 Å². The molecule has 0 aliphatic carbocycles. The van der Waals surface area contributed by atoms with Crippen molar-refractivity contribution in [1.29, 1.82) is 0 Å². The van der Waals surface area contributed by atoms with Crippen LogP contribution in [-0.4, -0.2) is 23.9 Å². The molecular weight excluding hydrogens is 236 g/mol. The van der Waals surface area contributed by atoms with E-state index in [-0.39, 0.29) is 5.91 Å². The maximum Gasteiger partial charge on any atom is 0.227 e. The number of piperidine rings is 1. The highest BCUT2D eigenvalue weighted by Gasteiger charge is 2.25. The lowest BCUT2D eigenvalue weighted by Crippen LogP contribution is -2.43. The third-order valence-electron chi connectivity index (χ3n) is 3.86. The third-order valence-corrected chi connectivity index (χ3v) is 3.86. The van der Waals surface area contributed by atoms with Gasteiger partial charge >= 0.3 is 0 Å². The number of hydrogen-bond donors (Lipinski definition) is 1. The summed E-state index contributed by atoms with van der Waals surface area (Å²) in [7, 11) is 0. The summed E-state index contributed by atoms with van der Waals surface area (Å²) < 4.78 is 0. The zero-order valence-corrected chi connectivity index (χ0v) is 12.1. The summed E-state index contributed by atoms with van der Waals surface area (Å²) in [5, 5.41) is 0. The molecular formula is C16H24N2O. The molecule has 2 N–H and O–H groups in total. The number of nitrogens with two attached hydrogens (primary N) is 1. The molecule has 0 saturated carbocycles. The van der Waals surface area contributed by atoms with Gasteiger partial charge in [0.15, 0.2) is 0 Å². The van der Waals surface area contributed by atoms with E-state index in [2.05, 4.69) is 13.8 Å². The summed E-state index contributed by atoms with van der Waals surface area (Å²) in [5.74, 6) is 1.40. The number of nitrogens with zero attached hydrogens (tertiary/aromatic N) is 1. The number of nitrogen functional groups attached to an aromatic ring is 1. The highest BCUT2D eigenvalue weighted by atomic mass is 16.2. The van der Waals surface area contributed by atoms with Crippen LogP contribution in [0.15, 0.2) is 18.2 Å². The summed E-state index contributed by atoms with van der Waals surface area (Å²) in [5.41, 5.74) is 8.79. The molecule has 2 unspecified atom stereocenters. The van der Waals surface area contributed by atoms with Crippen molar-refractivity contribution in [1.82, 2.24) is 4.90 Å². The second kappa shape index (κ2) is 5.64. The highest BCUT2D eigenvalue weighted by molar-refractivity contribution is 5.80. The van der Waals surface area contributed by atoms with Gasteiger partial charge in [0, 0.05) is 18.8 Å². The fourth-order valence-electron chi connectivity index (χ4n) is 3.02.